The summed E-state index contributed by atoms with van der Waals surface area (Å²) in [4.78, 5) is 11.8. The van der Waals surface area contributed by atoms with Crippen molar-refractivity contribution in [3.63, 3.8) is 0 Å². The minimum atomic E-state index is 0.443. The van der Waals surface area contributed by atoms with E-state index in [9.17, 15) is 0 Å². The van der Waals surface area contributed by atoms with Crippen molar-refractivity contribution in [1.29, 1.82) is 0 Å². The monoisotopic (exact) mass is 196 g/mol. The van der Waals surface area contributed by atoms with E-state index in [1.54, 1.807) is 25.3 Å². The van der Waals surface area contributed by atoms with Crippen LogP contribution < -0.4 is 5.73 Å². The minimum Gasteiger partial charge on any atom is -0.390 e. The lowest BCUT2D eigenvalue weighted by molar-refractivity contribution is 1.30. The Bertz CT molecular complexity index is 329. The number of aliphatic imine (C=N–C) groups is 2. The number of rotatable bonds is 1. The topological polar surface area (TPSA) is 63.6 Å². The number of hydrogen-bond acceptors (Lipinski definition) is 2. The summed E-state index contributed by atoms with van der Waals surface area (Å²) in [5.74, 6) is 0.576. The molecule has 0 saturated heterocycles. The molecular formula is C8H9ClN4. The molecule has 0 unspecified atom stereocenters. The first kappa shape index (κ1) is 9.67. The maximum absolute atomic E-state index is 5.60. The van der Waals surface area contributed by atoms with Gasteiger partial charge in [0.2, 0.25) is 0 Å². The molecule has 0 aliphatic rings. The Balaban J connectivity index is 2.85. The summed E-state index contributed by atoms with van der Waals surface area (Å²) in [6, 6.07) is 3.42. The third-order valence-electron chi connectivity index (χ3n) is 1.26. The molecule has 2 N–H and O–H groups in total. The zero-order chi connectivity index (χ0) is 9.68. The van der Waals surface area contributed by atoms with Crippen molar-refractivity contribution < 1.29 is 0 Å². The van der Waals surface area contributed by atoms with Crippen LogP contribution in [0.25, 0.3) is 0 Å². The van der Waals surface area contributed by atoms with Crippen LogP contribution >= 0.6 is 11.6 Å². The van der Waals surface area contributed by atoms with Crippen LogP contribution in [0.2, 0.25) is 5.15 Å². The van der Waals surface area contributed by atoms with Gasteiger partial charge in [0, 0.05) is 0 Å². The first-order valence-electron chi connectivity index (χ1n) is 3.63. The van der Waals surface area contributed by atoms with Crippen molar-refractivity contribution in [2.24, 2.45) is 15.7 Å². The van der Waals surface area contributed by atoms with Crippen LogP contribution in [0.5, 0.6) is 0 Å². The SMILES string of the molecule is CC(N=CN)=Nc1ccc(Cl)nc1. The Morgan fingerprint density at radius 3 is 2.92 bits per heavy atom. The van der Waals surface area contributed by atoms with Crippen LogP contribution in [0.3, 0.4) is 0 Å². The molecule has 0 fully saturated rings. The van der Waals surface area contributed by atoms with E-state index in [1.807, 2.05) is 0 Å². The van der Waals surface area contributed by atoms with Crippen LogP contribution in [-0.2, 0) is 0 Å². The van der Waals surface area contributed by atoms with E-state index >= 15 is 0 Å². The van der Waals surface area contributed by atoms with Gasteiger partial charge in [0.05, 0.1) is 18.2 Å². The van der Waals surface area contributed by atoms with Gasteiger partial charge in [0.1, 0.15) is 11.0 Å². The van der Waals surface area contributed by atoms with Crippen molar-refractivity contribution in [2.45, 2.75) is 6.92 Å². The van der Waals surface area contributed by atoms with Crippen LogP contribution in [0.1, 0.15) is 6.92 Å². The van der Waals surface area contributed by atoms with E-state index in [1.165, 1.54) is 6.34 Å². The highest BCUT2D eigenvalue weighted by Crippen LogP contribution is 2.13. The average Bonchev–Trinajstić information content (AvgIpc) is 2.09. The highest BCUT2D eigenvalue weighted by Gasteiger charge is 1.91. The van der Waals surface area contributed by atoms with Crippen LogP contribution in [0.15, 0.2) is 28.3 Å². The fourth-order valence-electron chi connectivity index (χ4n) is 0.758. The smallest absolute Gasteiger partial charge is 0.129 e. The van der Waals surface area contributed by atoms with E-state index in [0.717, 1.165) is 0 Å². The van der Waals surface area contributed by atoms with Gasteiger partial charge in [-0.1, -0.05) is 11.6 Å². The van der Waals surface area contributed by atoms with E-state index in [4.69, 9.17) is 17.3 Å². The van der Waals surface area contributed by atoms with Crippen LogP contribution in [-0.4, -0.2) is 17.2 Å². The van der Waals surface area contributed by atoms with E-state index < -0.39 is 0 Å². The molecule has 1 rings (SSSR count). The molecule has 4 nitrogen and oxygen atoms in total. The van der Waals surface area contributed by atoms with Gasteiger partial charge in [-0.15, -0.1) is 0 Å². The molecule has 0 bridgehead atoms. The van der Waals surface area contributed by atoms with Gasteiger partial charge >= 0.3 is 0 Å². The number of hydrogen-bond donors (Lipinski definition) is 1. The Labute approximate surface area is 81.2 Å². The summed E-state index contributed by atoms with van der Waals surface area (Å²) in [6.07, 6.45) is 2.76. The van der Waals surface area contributed by atoms with Gasteiger partial charge in [0.15, 0.2) is 0 Å². The summed E-state index contributed by atoms with van der Waals surface area (Å²) in [6.45, 7) is 1.75. The van der Waals surface area contributed by atoms with Crippen molar-refractivity contribution in [3.05, 3.63) is 23.5 Å². The second-order valence-corrected chi connectivity index (χ2v) is 2.66. The number of pyridine rings is 1. The van der Waals surface area contributed by atoms with Crippen molar-refractivity contribution in [1.82, 2.24) is 4.98 Å². The molecule has 1 heterocycles. The molecule has 0 radical (unpaired) electrons. The summed E-state index contributed by atoms with van der Waals surface area (Å²) in [7, 11) is 0. The first-order valence-corrected chi connectivity index (χ1v) is 4.01. The largest absolute Gasteiger partial charge is 0.390 e. The Morgan fingerprint density at radius 2 is 2.38 bits per heavy atom. The third-order valence-corrected chi connectivity index (χ3v) is 1.49. The molecule has 5 heteroatoms. The van der Waals surface area contributed by atoms with Crippen molar-refractivity contribution in [2.75, 3.05) is 0 Å². The molecule has 0 atom stereocenters. The molecule has 68 valence electrons. The van der Waals surface area contributed by atoms with E-state index in [-0.39, 0.29) is 0 Å². The van der Waals surface area contributed by atoms with Crippen LogP contribution in [0.4, 0.5) is 5.69 Å². The van der Waals surface area contributed by atoms with Gasteiger partial charge in [-0.3, -0.25) is 0 Å². The fraction of sp³-hybridized carbons (Fsp3) is 0.125. The minimum absolute atomic E-state index is 0.443. The molecule has 0 spiro atoms. The zero-order valence-corrected chi connectivity index (χ0v) is 7.86. The maximum Gasteiger partial charge on any atom is 0.129 e. The average molecular weight is 197 g/mol. The Morgan fingerprint density at radius 1 is 1.62 bits per heavy atom. The zero-order valence-electron chi connectivity index (χ0n) is 7.11. The molecule has 1 aromatic heterocycles. The number of nitrogens with two attached hydrogens (primary N) is 1. The molecule has 1 aromatic rings. The van der Waals surface area contributed by atoms with Gasteiger partial charge in [0.25, 0.3) is 0 Å². The normalized spacial score (nSPS) is 12.3. The number of amidine groups is 1. The maximum atomic E-state index is 5.60. The standard InChI is InChI=1S/C8H9ClN4/c1-6(12-5-10)13-7-2-3-8(9)11-4-7/h2-5H,1H3,(H2,10,12,13). The first-order chi connectivity index (χ1) is 6.22. The summed E-state index contributed by atoms with van der Waals surface area (Å²) < 4.78 is 0. The number of nitrogens with zero attached hydrogens (tertiary/aromatic N) is 3. The molecule has 0 aliphatic heterocycles. The van der Waals surface area contributed by atoms with E-state index in [2.05, 4.69) is 15.0 Å². The van der Waals surface area contributed by atoms with Crippen molar-refractivity contribution >= 4 is 29.5 Å². The van der Waals surface area contributed by atoms with Gasteiger partial charge in [-0.25, -0.2) is 15.0 Å². The van der Waals surface area contributed by atoms with Gasteiger partial charge in [-0.05, 0) is 19.1 Å². The highest BCUT2D eigenvalue weighted by molar-refractivity contribution is 6.29. The van der Waals surface area contributed by atoms with Crippen LogP contribution in [0, 0.1) is 0 Å². The summed E-state index contributed by atoms with van der Waals surface area (Å²) >= 11 is 5.60. The second kappa shape index (κ2) is 4.57. The molecule has 0 aliphatic carbocycles. The third kappa shape index (κ3) is 3.21. The molecular weight excluding hydrogens is 188 g/mol. The molecule has 0 aromatic carbocycles. The lowest BCUT2D eigenvalue weighted by atomic mass is 10.4. The highest BCUT2D eigenvalue weighted by atomic mass is 35.5. The molecule has 0 saturated carbocycles. The molecule has 0 amide bonds. The lowest BCUT2D eigenvalue weighted by Gasteiger charge is -1.93. The Hall–Kier alpha value is -1.42. The predicted octanol–water partition coefficient (Wildman–Crippen LogP) is 1.77. The fourth-order valence-corrected chi connectivity index (χ4v) is 0.870. The quantitative estimate of drug-likeness (QED) is 0.423. The van der Waals surface area contributed by atoms with Gasteiger partial charge < -0.3 is 5.73 Å². The Kier molecular flexibility index (Phi) is 3.40. The predicted molar refractivity (Wildman–Crippen MR) is 54.7 cm³/mol. The number of halogens is 1. The summed E-state index contributed by atoms with van der Waals surface area (Å²) in [5.41, 5.74) is 5.80. The van der Waals surface area contributed by atoms with Crippen molar-refractivity contribution in [3.8, 4) is 0 Å². The second-order valence-electron chi connectivity index (χ2n) is 2.28. The number of aromatic nitrogens is 1. The summed E-state index contributed by atoms with van der Waals surface area (Å²) in [5, 5.41) is 0.443. The van der Waals surface area contributed by atoms with E-state index in [0.29, 0.717) is 16.7 Å². The molecule has 13 heavy (non-hydrogen) atoms. The van der Waals surface area contributed by atoms with Gasteiger partial charge in [-0.2, -0.15) is 0 Å². The lowest BCUT2D eigenvalue weighted by Crippen LogP contribution is -1.93.